The van der Waals surface area contributed by atoms with Crippen LogP contribution in [0.4, 0.5) is 4.79 Å². The van der Waals surface area contributed by atoms with E-state index in [-0.39, 0.29) is 12.2 Å². The van der Waals surface area contributed by atoms with Gasteiger partial charge in [0.2, 0.25) is 6.41 Å². The molecule has 4 aliphatic rings. The summed E-state index contributed by atoms with van der Waals surface area (Å²) in [5.74, 6) is -0.613. The number of nitrogens with one attached hydrogen (secondary N) is 1. The van der Waals surface area contributed by atoms with Crippen molar-refractivity contribution in [3.8, 4) is 0 Å². The molecule has 0 aromatic carbocycles. The van der Waals surface area contributed by atoms with E-state index < -0.39 is 64.4 Å². The first-order valence-corrected chi connectivity index (χ1v) is 14.1. The molecule has 39 heavy (non-hydrogen) atoms. The minimum absolute atomic E-state index is 0.0479. The molecule has 0 radical (unpaired) electrons. The van der Waals surface area contributed by atoms with Crippen LogP contribution in [0.15, 0.2) is 12.7 Å². The molecule has 1 unspecified atom stereocenters. The predicted octanol–water partition coefficient (Wildman–Crippen LogP) is 2.54. The summed E-state index contributed by atoms with van der Waals surface area (Å²) in [4.78, 5) is 31.5. The Hall–Kier alpha value is -1.56. The minimum atomic E-state index is -1.56. The number of hydrogen-bond acceptors (Lipinski definition) is 9. The highest BCUT2D eigenvalue weighted by Gasteiger charge is 2.84. The lowest BCUT2D eigenvalue weighted by atomic mass is 9.39. The number of carbonyl (C=O) groups excluding carboxylic acids is 2. The van der Waals surface area contributed by atoms with Crippen LogP contribution in [0, 0.1) is 16.7 Å². The SMILES string of the molecule is C=C[C@@]1(C)CC(=O)[C@@]23OC(N(C)C)O[C@H]4CCC(C)(C)[C@H]([C@H](OC(=O)NCCCN(C)C)[C@H](O)[C@@]2(C)O1)[C@]43C. The van der Waals surface area contributed by atoms with E-state index >= 15 is 0 Å². The number of ether oxygens (including phenoxy) is 4. The van der Waals surface area contributed by atoms with Crippen LogP contribution < -0.4 is 5.32 Å². The highest BCUT2D eigenvalue weighted by atomic mass is 16.7. The lowest BCUT2D eigenvalue weighted by Gasteiger charge is -2.74. The maximum Gasteiger partial charge on any atom is 0.407 e. The van der Waals surface area contributed by atoms with Gasteiger partial charge in [0.1, 0.15) is 17.8 Å². The number of aliphatic hydroxyl groups is 1. The topological polar surface area (TPSA) is 110 Å². The normalized spacial score (nSPS) is 44.9. The molecular formula is C29H49N3O7. The third-order valence-corrected chi connectivity index (χ3v) is 9.93. The summed E-state index contributed by atoms with van der Waals surface area (Å²) in [5.41, 5.74) is -5.52. The summed E-state index contributed by atoms with van der Waals surface area (Å²) in [6, 6.07) is 0. The first-order valence-electron chi connectivity index (χ1n) is 14.1. The Kier molecular flexibility index (Phi) is 7.84. The van der Waals surface area contributed by atoms with Gasteiger partial charge in [0, 0.05) is 24.3 Å². The van der Waals surface area contributed by atoms with Crippen LogP contribution in [-0.2, 0) is 23.7 Å². The molecule has 2 aliphatic heterocycles. The van der Waals surface area contributed by atoms with Crippen LogP contribution in [0.5, 0.6) is 0 Å². The zero-order valence-corrected chi connectivity index (χ0v) is 25.2. The molecule has 0 aromatic rings. The van der Waals surface area contributed by atoms with Gasteiger partial charge in [-0.1, -0.05) is 26.8 Å². The Labute approximate surface area is 233 Å². The Bertz CT molecular complexity index is 988. The molecule has 2 N–H and O–H groups in total. The second-order valence-corrected chi connectivity index (χ2v) is 13.7. The van der Waals surface area contributed by atoms with Crippen molar-refractivity contribution in [2.75, 3.05) is 41.3 Å². The van der Waals surface area contributed by atoms with Crippen molar-refractivity contribution in [1.29, 1.82) is 0 Å². The van der Waals surface area contributed by atoms with Crippen LogP contribution >= 0.6 is 0 Å². The molecule has 2 heterocycles. The van der Waals surface area contributed by atoms with Gasteiger partial charge < -0.3 is 34.3 Å². The third kappa shape index (κ3) is 4.46. The Balaban J connectivity index is 1.83. The van der Waals surface area contributed by atoms with Gasteiger partial charge in [-0.3, -0.25) is 9.69 Å². The molecule has 2 saturated carbocycles. The molecule has 9 atom stereocenters. The van der Waals surface area contributed by atoms with Gasteiger partial charge in [-0.15, -0.1) is 6.58 Å². The number of carbonyl (C=O) groups is 2. The van der Waals surface area contributed by atoms with Crippen molar-refractivity contribution in [3.63, 3.8) is 0 Å². The second kappa shape index (κ2) is 10.1. The first kappa shape index (κ1) is 30.4. The van der Waals surface area contributed by atoms with Crippen LogP contribution in [-0.4, -0.2) is 110 Å². The Morgan fingerprint density at radius 3 is 2.46 bits per heavy atom. The average Bonchev–Trinajstić information content (AvgIpc) is 2.82. The van der Waals surface area contributed by atoms with Gasteiger partial charge in [-0.2, -0.15) is 0 Å². The highest BCUT2D eigenvalue weighted by Crippen LogP contribution is 2.70. The molecule has 2 saturated heterocycles. The summed E-state index contributed by atoms with van der Waals surface area (Å²) < 4.78 is 26.1. The van der Waals surface area contributed by atoms with E-state index in [4.69, 9.17) is 18.9 Å². The molecule has 2 aliphatic carbocycles. The summed E-state index contributed by atoms with van der Waals surface area (Å²) in [5, 5.41) is 15.1. The van der Waals surface area contributed by atoms with Gasteiger partial charge in [0.15, 0.2) is 11.4 Å². The van der Waals surface area contributed by atoms with Crippen LogP contribution in [0.2, 0.25) is 0 Å². The maximum absolute atomic E-state index is 14.5. The van der Waals surface area contributed by atoms with E-state index in [2.05, 4.69) is 25.7 Å². The first-order chi connectivity index (χ1) is 18.0. The average molecular weight is 552 g/mol. The molecule has 10 nitrogen and oxygen atoms in total. The van der Waals surface area contributed by atoms with Crippen molar-refractivity contribution < 1.29 is 33.6 Å². The van der Waals surface area contributed by atoms with E-state index in [0.29, 0.717) is 13.0 Å². The lowest BCUT2D eigenvalue weighted by molar-refractivity contribution is -0.456. The van der Waals surface area contributed by atoms with Crippen molar-refractivity contribution in [3.05, 3.63) is 12.7 Å². The molecule has 4 fully saturated rings. The molecule has 4 rings (SSSR count). The van der Waals surface area contributed by atoms with E-state index in [1.54, 1.807) is 24.8 Å². The van der Waals surface area contributed by atoms with Gasteiger partial charge in [-0.05, 0) is 73.3 Å². The molecule has 10 heteroatoms. The van der Waals surface area contributed by atoms with Gasteiger partial charge in [0.05, 0.1) is 11.7 Å². The van der Waals surface area contributed by atoms with Crippen LogP contribution in [0.3, 0.4) is 0 Å². The lowest BCUT2D eigenvalue weighted by Crippen LogP contribution is -2.89. The van der Waals surface area contributed by atoms with E-state index in [0.717, 1.165) is 19.4 Å². The van der Waals surface area contributed by atoms with Crippen molar-refractivity contribution in [2.24, 2.45) is 16.7 Å². The number of aliphatic hydroxyl groups excluding tert-OH is 1. The molecule has 0 aromatic heterocycles. The monoisotopic (exact) mass is 551 g/mol. The summed E-state index contributed by atoms with van der Waals surface area (Å²) in [6.45, 7) is 14.9. The highest BCUT2D eigenvalue weighted by molar-refractivity contribution is 5.93. The summed E-state index contributed by atoms with van der Waals surface area (Å²) in [6.07, 6.45) is -0.268. The second-order valence-electron chi connectivity index (χ2n) is 13.7. The summed E-state index contributed by atoms with van der Waals surface area (Å²) >= 11 is 0. The molecule has 0 bridgehead atoms. The van der Waals surface area contributed by atoms with E-state index in [9.17, 15) is 14.7 Å². The molecular weight excluding hydrogens is 502 g/mol. The summed E-state index contributed by atoms with van der Waals surface area (Å²) in [7, 11) is 7.62. The third-order valence-electron chi connectivity index (χ3n) is 9.93. The fourth-order valence-corrected chi connectivity index (χ4v) is 8.18. The maximum atomic E-state index is 14.5. The predicted molar refractivity (Wildman–Crippen MR) is 146 cm³/mol. The minimum Gasteiger partial charge on any atom is -0.443 e. The van der Waals surface area contributed by atoms with E-state index in [1.807, 2.05) is 40.0 Å². The fraction of sp³-hybridized carbons (Fsp3) is 0.862. The van der Waals surface area contributed by atoms with Gasteiger partial charge >= 0.3 is 6.09 Å². The van der Waals surface area contributed by atoms with Crippen LogP contribution in [0.25, 0.3) is 0 Å². The number of alkyl carbamates (subject to hydrolysis) is 1. The molecule has 1 spiro atoms. The number of hydrogen-bond donors (Lipinski definition) is 2. The van der Waals surface area contributed by atoms with Crippen LogP contribution in [0.1, 0.15) is 60.3 Å². The standard InChI is InChI=1S/C29H49N3O7/c1-11-26(4)17-18(33)29-27(5)19(36-24(38-29)32(9)10)13-14-25(2,3)21(27)20(22(34)28(29,6)39-26)37-23(35)30-15-12-16-31(7)8/h11,19-22,24,34H,1,12-17H2,2-10H3,(H,30,35)/t19-,20-,21-,22-,24?,26-,27-,28+,29-/m0/s1. The zero-order valence-electron chi connectivity index (χ0n) is 25.2. The smallest absolute Gasteiger partial charge is 0.407 e. The molecule has 222 valence electrons. The van der Waals surface area contributed by atoms with Crippen molar-refractivity contribution in [1.82, 2.24) is 15.1 Å². The fourth-order valence-electron chi connectivity index (χ4n) is 8.18. The van der Waals surface area contributed by atoms with Gasteiger partial charge in [0.25, 0.3) is 0 Å². The van der Waals surface area contributed by atoms with Crippen molar-refractivity contribution in [2.45, 2.75) is 102 Å². The quantitative estimate of drug-likeness (QED) is 0.364. The number of ketones is 1. The Morgan fingerprint density at radius 1 is 1.21 bits per heavy atom. The number of amides is 1. The largest absolute Gasteiger partial charge is 0.443 e. The Morgan fingerprint density at radius 2 is 1.87 bits per heavy atom. The molecule has 1 amide bonds. The van der Waals surface area contributed by atoms with E-state index in [1.165, 1.54) is 0 Å². The number of Topliss-reactive ketones (excluding diaryl/α,β-unsaturated/α-hetero) is 1. The van der Waals surface area contributed by atoms with Gasteiger partial charge in [-0.25, -0.2) is 4.79 Å². The number of nitrogens with zero attached hydrogens (tertiary/aromatic N) is 2. The van der Waals surface area contributed by atoms with Crippen molar-refractivity contribution >= 4 is 11.9 Å². The number of rotatable bonds is 7. The zero-order chi connectivity index (χ0) is 29.2.